The van der Waals surface area contributed by atoms with E-state index >= 15 is 0 Å². The Labute approximate surface area is 158 Å². The third kappa shape index (κ3) is 4.05. The summed E-state index contributed by atoms with van der Waals surface area (Å²) in [5.41, 5.74) is 3.62. The maximum absolute atomic E-state index is 12.1. The van der Waals surface area contributed by atoms with E-state index in [0.717, 1.165) is 48.3 Å². The summed E-state index contributed by atoms with van der Waals surface area (Å²) in [6.45, 7) is 4.44. The monoisotopic (exact) mass is 364 g/mol. The normalized spacial score (nSPS) is 15.1. The van der Waals surface area contributed by atoms with Gasteiger partial charge in [-0.25, -0.2) is 4.79 Å². The van der Waals surface area contributed by atoms with Gasteiger partial charge < -0.3 is 20.0 Å². The molecule has 27 heavy (non-hydrogen) atoms. The molecule has 0 saturated carbocycles. The van der Waals surface area contributed by atoms with Crippen molar-refractivity contribution in [3.05, 3.63) is 54.1 Å². The topological polar surface area (TPSA) is 70.4 Å². The van der Waals surface area contributed by atoms with Gasteiger partial charge in [-0.15, -0.1) is 0 Å². The second-order valence-electron chi connectivity index (χ2n) is 7.04. The van der Waals surface area contributed by atoms with E-state index in [0.29, 0.717) is 18.5 Å². The molecule has 0 aliphatic carbocycles. The zero-order valence-electron chi connectivity index (χ0n) is 15.4. The number of amides is 2. The minimum absolute atomic E-state index is 0.148. The first-order valence-corrected chi connectivity index (χ1v) is 9.40. The SMILES string of the molecule is Cc1ccccc1NC(=O)NCC1CCN(c2nc3ccccc3o2)CC1. The highest BCUT2D eigenvalue weighted by molar-refractivity contribution is 5.90. The van der Waals surface area contributed by atoms with Gasteiger partial charge in [-0.05, 0) is 49.4 Å². The number of carbonyl (C=O) groups is 1. The van der Waals surface area contributed by atoms with Crippen molar-refractivity contribution in [2.24, 2.45) is 5.92 Å². The van der Waals surface area contributed by atoms with Crippen LogP contribution in [0, 0.1) is 12.8 Å². The van der Waals surface area contributed by atoms with E-state index in [1.54, 1.807) is 0 Å². The summed E-state index contributed by atoms with van der Waals surface area (Å²) in [5, 5.41) is 5.91. The number of carbonyl (C=O) groups excluding carboxylic acids is 1. The molecule has 0 spiro atoms. The van der Waals surface area contributed by atoms with Gasteiger partial charge >= 0.3 is 6.03 Å². The molecule has 0 unspecified atom stereocenters. The number of rotatable bonds is 4. The number of nitrogens with zero attached hydrogens (tertiary/aromatic N) is 2. The molecule has 3 aromatic rings. The maximum Gasteiger partial charge on any atom is 0.319 e. The predicted octanol–water partition coefficient (Wildman–Crippen LogP) is 4.17. The molecule has 2 heterocycles. The zero-order valence-corrected chi connectivity index (χ0v) is 15.4. The van der Waals surface area contributed by atoms with E-state index in [4.69, 9.17) is 4.42 Å². The summed E-state index contributed by atoms with van der Waals surface area (Å²) in [5.74, 6) is 0.466. The summed E-state index contributed by atoms with van der Waals surface area (Å²) < 4.78 is 5.85. The lowest BCUT2D eigenvalue weighted by Crippen LogP contribution is -2.40. The lowest BCUT2D eigenvalue weighted by atomic mass is 9.97. The summed E-state index contributed by atoms with van der Waals surface area (Å²) >= 11 is 0. The molecule has 0 bridgehead atoms. The van der Waals surface area contributed by atoms with Crippen LogP contribution in [0.25, 0.3) is 11.1 Å². The van der Waals surface area contributed by atoms with Crippen molar-refractivity contribution in [2.75, 3.05) is 29.9 Å². The number of aryl methyl sites for hydroxylation is 1. The molecule has 2 amide bonds. The Morgan fingerprint density at radius 1 is 1.15 bits per heavy atom. The molecular weight excluding hydrogens is 340 g/mol. The van der Waals surface area contributed by atoms with Crippen LogP contribution in [0.3, 0.4) is 0 Å². The van der Waals surface area contributed by atoms with Crippen molar-refractivity contribution in [1.29, 1.82) is 0 Å². The fraction of sp³-hybridized carbons (Fsp3) is 0.333. The van der Waals surface area contributed by atoms with Crippen molar-refractivity contribution in [2.45, 2.75) is 19.8 Å². The number of hydrogen-bond donors (Lipinski definition) is 2. The van der Waals surface area contributed by atoms with E-state index < -0.39 is 0 Å². The van der Waals surface area contributed by atoms with Gasteiger partial charge in [0.2, 0.25) is 0 Å². The molecule has 4 rings (SSSR count). The van der Waals surface area contributed by atoms with Crippen LogP contribution in [0.4, 0.5) is 16.5 Å². The molecule has 2 N–H and O–H groups in total. The van der Waals surface area contributed by atoms with Gasteiger partial charge in [0.1, 0.15) is 5.52 Å². The van der Waals surface area contributed by atoms with Gasteiger partial charge in [0, 0.05) is 25.3 Å². The van der Waals surface area contributed by atoms with Crippen LogP contribution in [0.5, 0.6) is 0 Å². The molecule has 1 aliphatic rings. The lowest BCUT2D eigenvalue weighted by Gasteiger charge is -2.30. The minimum atomic E-state index is -0.148. The van der Waals surface area contributed by atoms with E-state index in [1.165, 1.54) is 0 Å². The first-order valence-electron chi connectivity index (χ1n) is 9.40. The number of anilines is 2. The van der Waals surface area contributed by atoms with Crippen molar-refractivity contribution < 1.29 is 9.21 Å². The number of urea groups is 1. The predicted molar refractivity (Wildman–Crippen MR) is 107 cm³/mol. The second kappa shape index (κ2) is 7.70. The van der Waals surface area contributed by atoms with E-state index in [1.807, 2.05) is 55.5 Å². The third-order valence-corrected chi connectivity index (χ3v) is 5.11. The number of aromatic nitrogens is 1. The van der Waals surface area contributed by atoms with Gasteiger partial charge in [-0.1, -0.05) is 30.3 Å². The average Bonchev–Trinajstić information content (AvgIpc) is 3.13. The number of fused-ring (bicyclic) bond motifs is 1. The summed E-state index contributed by atoms with van der Waals surface area (Å²) in [7, 11) is 0. The smallest absolute Gasteiger partial charge is 0.319 e. The van der Waals surface area contributed by atoms with Crippen LogP contribution in [0.15, 0.2) is 52.9 Å². The average molecular weight is 364 g/mol. The Morgan fingerprint density at radius 3 is 2.67 bits per heavy atom. The number of para-hydroxylation sites is 3. The van der Waals surface area contributed by atoms with Crippen LogP contribution < -0.4 is 15.5 Å². The second-order valence-corrected chi connectivity index (χ2v) is 7.04. The highest BCUT2D eigenvalue weighted by Gasteiger charge is 2.23. The molecule has 1 saturated heterocycles. The van der Waals surface area contributed by atoms with Gasteiger partial charge in [0.25, 0.3) is 6.01 Å². The van der Waals surface area contributed by atoms with E-state index in [9.17, 15) is 4.79 Å². The highest BCUT2D eigenvalue weighted by Crippen LogP contribution is 2.26. The summed E-state index contributed by atoms with van der Waals surface area (Å²) in [6, 6.07) is 16.2. The van der Waals surface area contributed by atoms with Crippen molar-refractivity contribution >= 4 is 28.8 Å². The molecular formula is C21H24N4O2. The van der Waals surface area contributed by atoms with Crippen LogP contribution >= 0.6 is 0 Å². The largest absolute Gasteiger partial charge is 0.423 e. The molecule has 1 aromatic heterocycles. The van der Waals surface area contributed by atoms with Gasteiger partial charge in [0.15, 0.2) is 5.58 Å². The van der Waals surface area contributed by atoms with E-state index in [-0.39, 0.29) is 6.03 Å². The van der Waals surface area contributed by atoms with Crippen LogP contribution in [0.1, 0.15) is 18.4 Å². The fourth-order valence-corrected chi connectivity index (χ4v) is 3.44. The number of benzene rings is 2. The van der Waals surface area contributed by atoms with Crippen LogP contribution in [-0.4, -0.2) is 30.6 Å². The van der Waals surface area contributed by atoms with Gasteiger partial charge in [-0.3, -0.25) is 0 Å². The first-order chi connectivity index (χ1) is 13.2. The van der Waals surface area contributed by atoms with E-state index in [2.05, 4.69) is 20.5 Å². The quantitative estimate of drug-likeness (QED) is 0.729. The van der Waals surface area contributed by atoms with Gasteiger partial charge in [-0.2, -0.15) is 4.98 Å². The molecule has 2 aromatic carbocycles. The Hall–Kier alpha value is -3.02. The Kier molecular flexibility index (Phi) is 4.96. The Balaban J connectivity index is 1.26. The Morgan fingerprint density at radius 2 is 1.89 bits per heavy atom. The standard InChI is InChI=1S/C21H24N4O2/c1-15-6-2-3-7-17(15)23-20(26)22-14-16-10-12-25(13-11-16)21-24-18-8-4-5-9-19(18)27-21/h2-9,16H,10-14H2,1H3,(H2,22,23,26). The first kappa shape index (κ1) is 17.4. The van der Waals surface area contributed by atoms with Crippen LogP contribution in [-0.2, 0) is 0 Å². The molecule has 6 heteroatoms. The number of nitrogens with one attached hydrogen (secondary N) is 2. The molecule has 1 fully saturated rings. The molecule has 0 radical (unpaired) electrons. The minimum Gasteiger partial charge on any atom is -0.423 e. The van der Waals surface area contributed by atoms with Crippen molar-refractivity contribution in [3.63, 3.8) is 0 Å². The van der Waals surface area contributed by atoms with Gasteiger partial charge in [0.05, 0.1) is 0 Å². The molecule has 140 valence electrons. The summed E-state index contributed by atoms with van der Waals surface area (Å²) in [4.78, 5) is 18.9. The summed E-state index contributed by atoms with van der Waals surface area (Å²) in [6.07, 6.45) is 2.01. The van der Waals surface area contributed by atoms with Crippen LogP contribution in [0.2, 0.25) is 0 Å². The number of hydrogen-bond acceptors (Lipinski definition) is 4. The zero-order chi connectivity index (χ0) is 18.6. The molecule has 0 atom stereocenters. The number of piperidine rings is 1. The highest BCUT2D eigenvalue weighted by atomic mass is 16.4. The van der Waals surface area contributed by atoms with Crippen molar-refractivity contribution in [3.8, 4) is 0 Å². The van der Waals surface area contributed by atoms with Crippen molar-refractivity contribution in [1.82, 2.24) is 10.3 Å². The molecule has 1 aliphatic heterocycles. The third-order valence-electron chi connectivity index (χ3n) is 5.11. The maximum atomic E-state index is 12.1. The molecule has 6 nitrogen and oxygen atoms in total. The number of oxazole rings is 1. The lowest BCUT2D eigenvalue weighted by molar-refractivity contribution is 0.248. The fourth-order valence-electron chi connectivity index (χ4n) is 3.44. The Bertz CT molecular complexity index is 896.